The predicted octanol–water partition coefficient (Wildman–Crippen LogP) is 4.09. The van der Waals surface area contributed by atoms with Gasteiger partial charge in [-0.05, 0) is 44.2 Å². The second kappa shape index (κ2) is 5.87. The lowest BCUT2D eigenvalue weighted by molar-refractivity contribution is 0.393. The van der Waals surface area contributed by atoms with Crippen LogP contribution in [0.5, 0.6) is 0 Å². The van der Waals surface area contributed by atoms with E-state index >= 15 is 0 Å². The Morgan fingerprint density at radius 1 is 1.20 bits per heavy atom. The van der Waals surface area contributed by atoms with Crippen molar-refractivity contribution in [3.63, 3.8) is 0 Å². The fourth-order valence-corrected chi connectivity index (χ4v) is 2.98. The molecule has 0 saturated heterocycles. The summed E-state index contributed by atoms with van der Waals surface area (Å²) < 4.78 is 5.25. The molecule has 6 nitrogen and oxygen atoms in total. The van der Waals surface area contributed by atoms with Crippen molar-refractivity contribution >= 4 is 17.6 Å². The third-order valence-corrected chi connectivity index (χ3v) is 4.16. The molecule has 1 aliphatic rings. The summed E-state index contributed by atoms with van der Waals surface area (Å²) in [7, 11) is 0. The highest BCUT2D eigenvalue weighted by molar-refractivity contribution is 5.83. The standard InChI is InChI=1S/C19H15N5O/c1-11-18(12(2)25-24-11)15-6-7-16-19(23-15)17(10-21-16)22-14-5-3-4-13(8-14)9-20/h3-8,10,17,22H,1-2H3. The summed E-state index contributed by atoms with van der Waals surface area (Å²) >= 11 is 0. The molecule has 0 radical (unpaired) electrons. The maximum Gasteiger partial charge on any atom is 0.143 e. The lowest BCUT2D eigenvalue weighted by atomic mass is 10.1. The summed E-state index contributed by atoms with van der Waals surface area (Å²) in [5.74, 6) is 0.745. The Labute approximate surface area is 144 Å². The quantitative estimate of drug-likeness (QED) is 0.782. The van der Waals surface area contributed by atoms with E-state index in [9.17, 15) is 0 Å². The van der Waals surface area contributed by atoms with Crippen molar-refractivity contribution in [1.82, 2.24) is 10.1 Å². The first kappa shape index (κ1) is 15.1. The zero-order valence-electron chi connectivity index (χ0n) is 13.8. The van der Waals surface area contributed by atoms with Crippen LogP contribution in [0.25, 0.3) is 11.3 Å². The first-order valence-corrected chi connectivity index (χ1v) is 7.91. The third kappa shape index (κ3) is 2.66. The number of hydrogen-bond acceptors (Lipinski definition) is 6. The van der Waals surface area contributed by atoms with Gasteiger partial charge in [-0.25, -0.2) is 4.98 Å². The molecule has 1 aromatic carbocycles. The van der Waals surface area contributed by atoms with E-state index in [0.717, 1.165) is 39.8 Å². The Morgan fingerprint density at radius 3 is 2.84 bits per heavy atom. The molecule has 0 fully saturated rings. The molecule has 1 unspecified atom stereocenters. The largest absolute Gasteiger partial charge is 0.372 e. The zero-order chi connectivity index (χ0) is 17.4. The van der Waals surface area contributed by atoms with Crippen LogP contribution in [0.4, 0.5) is 11.4 Å². The van der Waals surface area contributed by atoms with Gasteiger partial charge in [-0.2, -0.15) is 5.26 Å². The van der Waals surface area contributed by atoms with Gasteiger partial charge >= 0.3 is 0 Å². The monoisotopic (exact) mass is 329 g/mol. The number of benzene rings is 1. The highest BCUT2D eigenvalue weighted by atomic mass is 16.5. The van der Waals surface area contributed by atoms with Crippen molar-refractivity contribution in [2.75, 3.05) is 5.32 Å². The highest BCUT2D eigenvalue weighted by Crippen LogP contribution is 2.35. The second-order valence-corrected chi connectivity index (χ2v) is 5.89. The SMILES string of the molecule is Cc1noc(C)c1-c1ccc2c(n1)C(Nc1cccc(C#N)c1)C=N2. The van der Waals surface area contributed by atoms with Gasteiger partial charge in [0.05, 0.1) is 40.0 Å². The molecule has 122 valence electrons. The van der Waals surface area contributed by atoms with Crippen molar-refractivity contribution in [3.05, 3.63) is 59.1 Å². The molecule has 1 aliphatic heterocycles. The lowest BCUT2D eigenvalue weighted by Gasteiger charge is -2.13. The fraction of sp³-hybridized carbons (Fsp3) is 0.158. The molecule has 0 amide bonds. The number of nitriles is 1. The minimum absolute atomic E-state index is 0.149. The molecule has 0 saturated carbocycles. The van der Waals surface area contributed by atoms with E-state index in [1.165, 1.54) is 0 Å². The molecule has 2 aromatic heterocycles. The number of fused-ring (bicyclic) bond motifs is 1. The molecule has 3 aromatic rings. The Kier molecular flexibility index (Phi) is 3.55. The topological polar surface area (TPSA) is 87.1 Å². The third-order valence-electron chi connectivity index (χ3n) is 4.16. The Bertz CT molecular complexity index is 1010. The van der Waals surface area contributed by atoms with E-state index in [2.05, 4.69) is 21.5 Å². The maximum atomic E-state index is 9.04. The second-order valence-electron chi connectivity index (χ2n) is 5.89. The van der Waals surface area contributed by atoms with E-state index in [-0.39, 0.29) is 6.04 Å². The van der Waals surface area contributed by atoms with E-state index in [1.807, 2.05) is 50.4 Å². The number of pyridine rings is 1. The average Bonchev–Trinajstić information content (AvgIpc) is 3.18. The van der Waals surface area contributed by atoms with Crippen molar-refractivity contribution < 1.29 is 4.52 Å². The number of aliphatic imine (C=N–C) groups is 1. The number of aromatic nitrogens is 2. The van der Waals surface area contributed by atoms with Gasteiger partial charge in [-0.15, -0.1) is 0 Å². The van der Waals surface area contributed by atoms with Crippen LogP contribution >= 0.6 is 0 Å². The average molecular weight is 329 g/mol. The van der Waals surface area contributed by atoms with Gasteiger partial charge in [0, 0.05) is 11.9 Å². The van der Waals surface area contributed by atoms with Crippen LogP contribution in [0.1, 0.15) is 28.8 Å². The summed E-state index contributed by atoms with van der Waals surface area (Å²) in [4.78, 5) is 9.22. The molecular formula is C19H15N5O. The summed E-state index contributed by atoms with van der Waals surface area (Å²) in [6, 6.07) is 13.2. The summed E-state index contributed by atoms with van der Waals surface area (Å²) in [6.07, 6.45) is 1.83. The van der Waals surface area contributed by atoms with E-state index in [0.29, 0.717) is 5.56 Å². The minimum atomic E-state index is -0.149. The first-order valence-electron chi connectivity index (χ1n) is 7.91. The molecule has 25 heavy (non-hydrogen) atoms. The van der Waals surface area contributed by atoms with Crippen LogP contribution in [0.3, 0.4) is 0 Å². The number of hydrogen-bond donors (Lipinski definition) is 1. The van der Waals surface area contributed by atoms with Crippen LogP contribution in [-0.4, -0.2) is 16.4 Å². The van der Waals surface area contributed by atoms with Crippen molar-refractivity contribution in [2.45, 2.75) is 19.9 Å². The van der Waals surface area contributed by atoms with Gasteiger partial charge in [0.25, 0.3) is 0 Å². The number of anilines is 1. The highest BCUT2D eigenvalue weighted by Gasteiger charge is 2.23. The van der Waals surface area contributed by atoms with Crippen LogP contribution < -0.4 is 5.32 Å². The molecule has 0 spiro atoms. The summed E-state index contributed by atoms with van der Waals surface area (Å²) in [5.41, 5.74) is 5.70. The van der Waals surface area contributed by atoms with Crippen LogP contribution in [-0.2, 0) is 0 Å². The Hall–Kier alpha value is -3.46. The van der Waals surface area contributed by atoms with E-state index < -0.39 is 0 Å². The number of nitrogens with one attached hydrogen (secondary N) is 1. The predicted molar refractivity (Wildman–Crippen MR) is 94.9 cm³/mol. The van der Waals surface area contributed by atoms with Crippen molar-refractivity contribution in [2.24, 2.45) is 4.99 Å². The maximum absolute atomic E-state index is 9.04. The summed E-state index contributed by atoms with van der Waals surface area (Å²) in [5, 5.41) is 16.4. The van der Waals surface area contributed by atoms with Gasteiger partial charge in [-0.3, -0.25) is 4.99 Å². The van der Waals surface area contributed by atoms with E-state index in [1.54, 1.807) is 6.07 Å². The van der Waals surface area contributed by atoms with Crippen molar-refractivity contribution in [1.29, 1.82) is 5.26 Å². The van der Waals surface area contributed by atoms with Gasteiger partial charge in [0.2, 0.25) is 0 Å². The fourth-order valence-electron chi connectivity index (χ4n) is 2.98. The molecule has 1 N–H and O–H groups in total. The molecule has 0 bridgehead atoms. The normalized spacial score (nSPS) is 15.0. The van der Waals surface area contributed by atoms with Crippen molar-refractivity contribution in [3.8, 4) is 17.3 Å². The molecule has 1 atom stereocenters. The Morgan fingerprint density at radius 2 is 2.08 bits per heavy atom. The smallest absolute Gasteiger partial charge is 0.143 e. The first-order chi connectivity index (χ1) is 12.2. The van der Waals surface area contributed by atoms with Gasteiger partial charge in [0.15, 0.2) is 0 Å². The van der Waals surface area contributed by atoms with E-state index in [4.69, 9.17) is 14.8 Å². The van der Waals surface area contributed by atoms with Crippen LogP contribution in [0.15, 0.2) is 45.9 Å². The molecule has 4 rings (SSSR count). The van der Waals surface area contributed by atoms with Crippen LogP contribution in [0.2, 0.25) is 0 Å². The van der Waals surface area contributed by atoms with Crippen LogP contribution in [0, 0.1) is 25.2 Å². The van der Waals surface area contributed by atoms with Gasteiger partial charge < -0.3 is 9.84 Å². The summed E-state index contributed by atoms with van der Waals surface area (Å²) in [6.45, 7) is 3.78. The number of aryl methyl sites for hydroxylation is 2. The molecule has 3 heterocycles. The Balaban J connectivity index is 1.68. The van der Waals surface area contributed by atoms with Gasteiger partial charge in [0.1, 0.15) is 11.8 Å². The zero-order valence-corrected chi connectivity index (χ0v) is 13.8. The van der Waals surface area contributed by atoms with Gasteiger partial charge in [-0.1, -0.05) is 11.2 Å². The number of nitrogens with zero attached hydrogens (tertiary/aromatic N) is 4. The molecule has 6 heteroatoms. The molecule has 0 aliphatic carbocycles. The number of rotatable bonds is 3. The molecular weight excluding hydrogens is 314 g/mol. The minimum Gasteiger partial charge on any atom is -0.372 e. The lowest BCUT2D eigenvalue weighted by Crippen LogP contribution is -2.11.